The van der Waals surface area contributed by atoms with Gasteiger partial charge in [0.15, 0.2) is 0 Å². The number of anilines is 1. The molecule has 2 unspecified atom stereocenters. The maximum atomic E-state index is 13.8. The van der Waals surface area contributed by atoms with E-state index < -0.39 is 12.1 Å². The summed E-state index contributed by atoms with van der Waals surface area (Å²) in [5, 5.41) is 9.00. The Bertz CT molecular complexity index is 1150. The van der Waals surface area contributed by atoms with Crippen molar-refractivity contribution >= 4 is 34.9 Å². The van der Waals surface area contributed by atoms with Crippen LogP contribution in [-0.2, 0) is 17.8 Å². The number of rotatable bonds is 6. The van der Waals surface area contributed by atoms with E-state index in [1.54, 1.807) is 18.3 Å². The minimum Gasteiger partial charge on any atom is -0.351 e. The molecule has 9 heteroatoms. The molecule has 1 saturated heterocycles. The summed E-state index contributed by atoms with van der Waals surface area (Å²) in [6.45, 7) is 2.95. The van der Waals surface area contributed by atoms with Crippen LogP contribution < -0.4 is 16.0 Å². The molecule has 0 spiro atoms. The van der Waals surface area contributed by atoms with Crippen LogP contribution in [0.25, 0.3) is 6.08 Å². The van der Waals surface area contributed by atoms with Gasteiger partial charge in [-0.15, -0.1) is 0 Å². The van der Waals surface area contributed by atoms with Crippen molar-refractivity contribution in [2.45, 2.75) is 76.2 Å². The van der Waals surface area contributed by atoms with Crippen molar-refractivity contribution in [2.75, 3.05) is 5.32 Å². The third kappa shape index (κ3) is 5.90. The highest BCUT2D eigenvalue weighted by atomic mass is 32.2. The molecule has 2 atom stereocenters. The number of alkyl halides is 1. The van der Waals surface area contributed by atoms with Gasteiger partial charge in [-0.3, -0.25) is 14.9 Å². The minimum atomic E-state index is -0.714. The van der Waals surface area contributed by atoms with Crippen molar-refractivity contribution in [2.24, 2.45) is 0 Å². The maximum Gasteiger partial charge on any atom is 0.290 e. The molecule has 2 heterocycles. The Balaban J connectivity index is 1.11. The molecule has 0 radical (unpaired) electrons. The van der Waals surface area contributed by atoms with Crippen LogP contribution in [0.2, 0.25) is 0 Å². The number of aromatic nitrogens is 2. The second kappa shape index (κ2) is 10.5. The summed E-state index contributed by atoms with van der Waals surface area (Å²) in [7, 11) is 0. The Labute approximate surface area is 208 Å². The predicted octanol–water partition coefficient (Wildman–Crippen LogP) is 4.70. The van der Waals surface area contributed by atoms with Gasteiger partial charge in [0.05, 0.1) is 10.6 Å². The first kappa shape index (κ1) is 23.9. The molecule has 1 aliphatic heterocycles. The van der Waals surface area contributed by atoms with E-state index in [0.29, 0.717) is 41.5 Å². The van der Waals surface area contributed by atoms with Crippen LogP contribution in [-0.4, -0.2) is 39.4 Å². The van der Waals surface area contributed by atoms with Crippen molar-refractivity contribution < 1.29 is 14.0 Å². The number of hydrogen-bond acceptors (Lipinski definition) is 7. The zero-order valence-electron chi connectivity index (χ0n) is 19.7. The Hall–Kier alpha value is -2.78. The van der Waals surface area contributed by atoms with Crippen LogP contribution in [0.15, 0.2) is 35.4 Å². The summed E-state index contributed by atoms with van der Waals surface area (Å²) < 4.78 is 13.8. The normalized spacial score (nSPS) is 27.5. The van der Waals surface area contributed by atoms with Crippen LogP contribution in [0.4, 0.5) is 15.1 Å². The predicted molar refractivity (Wildman–Crippen MR) is 136 cm³/mol. The molecule has 2 amide bonds. The number of thioether (sulfide) groups is 1. The number of nitrogens with zero attached hydrogens (tertiary/aromatic N) is 2. The molecule has 2 aromatic rings. The molecule has 5 rings (SSSR count). The average molecular weight is 496 g/mol. The van der Waals surface area contributed by atoms with Crippen molar-refractivity contribution in [3.05, 3.63) is 57.8 Å². The number of hydrogen-bond donors (Lipinski definition) is 3. The number of imide groups is 1. The number of carbonyl (C=O) groups excluding carboxylic acids is 2. The van der Waals surface area contributed by atoms with Crippen molar-refractivity contribution in [3.63, 3.8) is 0 Å². The van der Waals surface area contributed by atoms with E-state index in [0.717, 1.165) is 49.6 Å². The zero-order chi connectivity index (χ0) is 24.4. The van der Waals surface area contributed by atoms with E-state index in [2.05, 4.69) is 51.0 Å². The van der Waals surface area contributed by atoms with Gasteiger partial charge >= 0.3 is 0 Å². The van der Waals surface area contributed by atoms with Crippen LogP contribution in [0, 0.1) is 0 Å². The summed E-state index contributed by atoms with van der Waals surface area (Å²) in [6.07, 6.45) is 7.86. The fourth-order valence-corrected chi connectivity index (χ4v) is 5.86. The second-order valence-corrected chi connectivity index (χ2v) is 10.7. The third-order valence-electron chi connectivity index (χ3n) is 7.05. The zero-order valence-corrected chi connectivity index (χ0v) is 20.5. The first-order valence-electron chi connectivity index (χ1n) is 12.3. The number of amides is 2. The molecule has 1 saturated carbocycles. The monoisotopic (exact) mass is 495 g/mol. The third-order valence-corrected chi connectivity index (χ3v) is 7.86. The van der Waals surface area contributed by atoms with Crippen molar-refractivity contribution in [1.82, 2.24) is 20.6 Å². The summed E-state index contributed by atoms with van der Waals surface area (Å²) >= 11 is 0.879. The Kier molecular flexibility index (Phi) is 7.15. The SMILES string of the molecule is CC1CC(F)Cc2ccc(CN[C@H]3CC[C@@H](Nc4nccc(/C=C5\SC(=O)NC5=O)n4)CC3)cc21. The van der Waals surface area contributed by atoms with Gasteiger partial charge in [0.2, 0.25) is 5.95 Å². The standard InChI is InChI=1S/C26H30FN5O2S/c1-15-10-18(27)12-17-3-2-16(11-22(15)17)14-29-19-4-6-20(7-5-19)30-25-28-9-8-21(31-25)13-23-24(33)32-26(34)35-23/h2-3,8-9,11,13,15,18-20,29H,4-7,10,12,14H2,1H3,(H,28,30,31)(H,32,33,34)/b23-13-/t15?,18?,19-,20+. The van der Waals surface area contributed by atoms with Gasteiger partial charge in [-0.1, -0.05) is 25.1 Å². The van der Waals surface area contributed by atoms with Gasteiger partial charge in [-0.2, -0.15) is 0 Å². The topological polar surface area (TPSA) is 96.0 Å². The Morgan fingerprint density at radius 2 is 1.97 bits per heavy atom. The lowest BCUT2D eigenvalue weighted by Crippen LogP contribution is -2.37. The van der Waals surface area contributed by atoms with E-state index in [-0.39, 0.29) is 11.2 Å². The Morgan fingerprint density at radius 1 is 1.17 bits per heavy atom. The molecular formula is C26H30FN5O2S. The molecule has 3 N–H and O–H groups in total. The van der Waals surface area contributed by atoms with Gasteiger partial charge in [0, 0.05) is 31.2 Å². The molecule has 0 bridgehead atoms. The van der Waals surface area contributed by atoms with Gasteiger partial charge in [0.25, 0.3) is 11.1 Å². The van der Waals surface area contributed by atoms with Crippen molar-refractivity contribution in [1.29, 1.82) is 0 Å². The Morgan fingerprint density at radius 3 is 2.74 bits per heavy atom. The fraction of sp³-hybridized carbons (Fsp3) is 0.462. The average Bonchev–Trinajstić information content (AvgIpc) is 3.15. The van der Waals surface area contributed by atoms with Gasteiger partial charge in [-0.05, 0) is 78.6 Å². The number of carbonyl (C=O) groups is 2. The molecule has 3 aliphatic rings. The number of fused-ring (bicyclic) bond motifs is 1. The molecule has 1 aromatic heterocycles. The highest BCUT2D eigenvalue weighted by Crippen LogP contribution is 2.33. The second-order valence-electron chi connectivity index (χ2n) is 9.70. The molecule has 2 aliphatic carbocycles. The molecule has 2 fully saturated rings. The van der Waals surface area contributed by atoms with E-state index >= 15 is 0 Å². The molecule has 7 nitrogen and oxygen atoms in total. The molecule has 184 valence electrons. The van der Waals surface area contributed by atoms with Gasteiger partial charge in [0.1, 0.15) is 6.17 Å². The van der Waals surface area contributed by atoms with E-state index in [1.807, 2.05) is 0 Å². The lowest BCUT2D eigenvalue weighted by Gasteiger charge is -2.30. The summed E-state index contributed by atoms with van der Waals surface area (Å²) in [4.78, 5) is 32.2. The highest BCUT2D eigenvalue weighted by Gasteiger charge is 2.26. The van der Waals surface area contributed by atoms with E-state index in [4.69, 9.17) is 0 Å². The summed E-state index contributed by atoms with van der Waals surface area (Å²) in [5.41, 5.74) is 4.32. The van der Waals surface area contributed by atoms with Crippen LogP contribution in [0.1, 0.15) is 67.3 Å². The van der Waals surface area contributed by atoms with Crippen molar-refractivity contribution in [3.8, 4) is 0 Å². The van der Waals surface area contributed by atoms with Gasteiger partial charge < -0.3 is 10.6 Å². The van der Waals surface area contributed by atoms with Crippen LogP contribution >= 0.6 is 11.8 Å². The molecular weight excluding hydrogens is 465 g/mol. The lowest BCUT2D eigenvalue weighted by molar-refractivity contribution is -0.115. The smallest absolute Gasteiger partial charge is 0.290 e. The van der Waals surface area contributed by atoms with E-state index in [9.17, 15) is 14.0 Å². The molecule has 1 aromatic carbocycles. The van der Waals surface area contributed by atoms with Gasteiger partial charge in [-0.25, -0.2) is 14.4 Å². The van der Waals surface area contributed by atoms with Crippen LogP contribution in [0.5, 0.6) is 0 Å². The maximum absolute atomic E-state index is 13.8. The largest absolute Gasteiger partial charge is 0.351 e. The summed E-state index contributed by atoms with van der Waals surface area (Å²) in [5.74, 6) is 0.421. The number of benzene rings is 1. The minimum absolute atomic E-state index is 0.281. The van der Waals surface area contributed by atoms with E-state index in [1.165, 1.54) is 11.1 Å². The molecule has 35 heavy (non-hydrogen) atoms. The quantitative estimate of drug-likeness (QED) is 0.500. The lowest BCUT2D eigenvalue weighted by atomic mass is 9.82. The van der Waals surface area contributed by atoms with Crippen LogP contribution in [0.3, 0.4) is 0 Å². The fourth-order valence-electron chi connectivity index (χ4n) is 5.20. The first-order chi connectivity index (χ1) is 16.9. The number of halogens is 1. The summed E-state index contributed by atoms with van der Waals surface area (Å²) in [6, 6.07) is 8.97. The highest BCUT2D eigenvalue weighted by molar-refractivity contribution is 8.18. The number of nitrogens with one attached hydrogen (secondary N) is 3. The first-order valence-corrected chi connectivity index (χ1v) is 13.1.